The lowest BCUT2D eigenvalue weighted by atomic mass is 9.85. The minimum atomic E-state index is 0.114. The van der Waals surface area contributed by atoms with E-state index in [1.807, 2.05) is 36.4 Å². The Hall–Kier alpha value is -3.71. The zero-order chi connectivity index (χ0) is 23.6. The molecule has 2 aliphatic rings. The van der Waals surface area contributed by atoms with Crippen LogP contribution >= 0.6 is 11.3 Å². The van der Waals surface area contributed by atoms with Gasteiger partial charge in [0.2, 0.25) is 5.95 Å². The number of nitrogens with one attached hydrogen (secondary N) is 1. The van der Waals surface area contributed by atoms with Gasteiger partial charge in [-0.1, -0.05) is 42.5 Å². The second-order valence-electron chi connectivity index (χ2n) is 9.04. The number of rotatable bonds is 5. The molecule has 6 nitrogen and oxygen atoms in total. The van der Waals surface area contributed by atoms with Gasteiger partial charge in [0.15, 0.2) is 5.78 Å². The molecular weight excluding hydrogens is 454 g/mol. The number of carbonyl (C=O) groups is 1. The van der Waals surface area contributed by atoms with E-state index in [4.69, 9.17) is 9.97 Å². The summed E-state index contributed by atoms with van der Waals surface area (Å²) in [6.45, 7) is 3.48. The molecule has 1 saturated heterocycles. The molecule has 2 aromatic carbocycles. The molecule has 1 aliphatic carbocycles. The number of para-hydroxylation sites is 2. The molecule has 1 aliphatic heterocycles. The van der Waals surface area contributed by atoms with Crippen LogP contribution in [-0.2, 0) is 6.42 Å². The topological polar surface area (TPSA) is 61.4 Å². The number of piperazine rings is 1. The van der Waals surface area contributed by atoms with E-state index in [0.29, 0.717) is 23.8 Å². The Morgan fingerprint density at radius 1 is 0.800 bits per heavy atom. The second-order valence-corrected chi connectivity index (χ2v) is 10.0. The average Bonchev–Trinajstić information content (AvgIpc) is 3.45. The maximum Gasteiger partial charge on any atom is 0.227 e. The number of hydrogen-bond donors (Lipinski definition) is 1. The lowest BCUT2D eigenvalue weighted by Gasteiger charge is -2.36. The second kappa shape index (κ2) is 9.50. The van der Waals surface area contributed by atoms with Crippen molar-refractivity contribution in [2.24, 2.45) is 0 Å². The highest BCUT2D eigenvalue weighted by Gasteiger charge is 2.33. The third-order valence-corrected chi connectivity index (χ3v) is 7.82. The minimum Gasteiger partial charge on any atom is -0.368 e. The van der Waals surface area contributed by atoms with Gasteiger partial charge in [0.1, 0.15) is 5.82 Å². The smallest absolute Gasteiger partial charge is 0.227 e. The van der Waals surface area contributed by atoms with E-state index < -0.39 is 0 Å². The lowest BCUT2D eigenvalue weighted by molar-refractivity contribution is 0.0964. The Labute approximate surface area is 209 Å². The van der Waals surface area contributed by atoms with Crippen LogP contribution in [-0.4, -0.2) is 41.9 Å². The third kappa shape index (κ3) is 4.51. The van der Waals surface area contributed by atoms with Gasteiger partial charge >= 0.3 is 0 Å². The molecule has 1 atom stereocenters. The van der Waals surface area contributed by atoms with Crippen molar-refractivity contribution in [1.29, 1.82) is 0 Å². The number of ketones is 1. The summed E-state index contributed by atoms with van der Waals surface area (Å²) in [6.07, 6.45) is 1.25. The maximum absolute atomic E-state index is 13.4. The first kappa shape index (κ1) is 21.8. The largest absolute Gasteiger partial charge is 0.368 e. The summed E-state index contributed by atoms with van der Waals surface area (Å²) in [5, 5.41) is 5.50. The van der Waals surface area contributed by atoms with Gasteiger partial charge < -0.3 is 15.1 Å². The average molecular weight is 482 g/mol. The number of thiophene rings is 1. The number of fused-ring (bicyclic) bond motifs is 1. The summed E-state index contributed by atoms with van der Waals surface area (Å²) in [5.74, 6) is 1.62. The number of aromatic nitrogens is 2. The Balaban J connectivity index is 1.32. The molecule has 1 fully saturated rings. The summed E-state index contributed by atoms with van der Waals surface area (Å²) in [7, 11) is 0. The summed E-state index contributed by atoms with van der Waals surface area (Å²) < 4.78 is 0. The Morgan fingerprint density at radius 3 is 2.23 bits per heavy atom. The SMILES string of the molecule is O=C1CC(c2cccs2)Cc2nc(N3CCN(c4ccccc4)CC3)nc(Nc3ccccc3)c21. The standard InChI is InChI=1S/C28H27N5OS/c34-24-19-20(25-12-7-17-35-25)18-23-26(24)27(29-21-8-3-1-4-9-21)31-28(30-23)33-15-13-32(14-16-33)22-10-5-2-6-11-22/h1-12,17,20H,13-16,18-19H2,(H,29,30,31). The summed E-state index contributed by atoms with van der Waals surface area (Å²) in [5.41, 5.74) is 3.66. The number of nitrogens with zero attached hydrogens (tertiary/aromatic N) is 4. The molecule has 0 radical (unpaired) electrons. The van der Waals surface area contributed by atoms with Crippen molar-refractivity contribution in [1.82, 2.24) is 9.97 Å². The zero-order valence-corrected chi connectivity index (χ0v) is 20.2. The molecule has 0 bridgehead atoms. The van der Waals surface area contributed by atoms with Crippen LogP contribution in [0.1, 0.15) is 33.3 Å². The van der Waals surface area contributed by atoms with E-state index in [2.05, 4.69) is 56.9 Å². The summed E-state index contributed by atoms with van der Waals surface area (Å²) in [6, 6.07) is 24.6. The highest BCUT2D eigenvalue weighted by atomic mass is 32.1. The molecule has 0 amide bonds. The number of anilines is 4. The van der Waals surface area contributed by atoms with Gasteiger partial charge in [-0.15, -0.1) is 11.3 Å². The minimum absolute atomic E-state index is 0.114. The number of benzene rings is 2. The molecule has 6 rings (SSSR count). The van der Waals surface area contributed by atoms with Crippen molar-refractivity contribution in [2.45, 2.75) is 18.8 Å². The van der Waals surface area contributed by atoms with Gasteiger partial charge in [-0.25, -0.2) is 4.98 Å². The van der Waals surface area contributed by atoms with Crippen molar-refractivity contribution in [2.75, 3.05) is 41.3 Å². The Kier molecular flexibility index (Phi) is 5.92. The number of carbonyl (C=O) groups excluding carboxylic acids is 1. The lowest BCUT2D eigenvalue weighted by Crippen LogP contribution is -2.47. The molecule has 1 unspecified atom stereocenters. The summed E-state index contributed by atoms with van der Waals surface area (Å²) in [4.78, 5) is 29.1. The van der Waals surface area contributed by atoms with Crippen LogP contribution in [0.3, 0.4) is 0 Å². The zero-order valence-electron chi connectivity index (χ0n) is 19.4. The van der Waals surface area contributed by atoms with Gasteiger partial charge in [0, 0.05) is 54.8 Å². The van der Waals surface area contributed by atoms with E-state index in [9.17, 15) is 4.79 Å². The molecule has 4 aromatic rings. The van der Waals surface area contributed by atoms with Gasteiger partial charge in [-0.3, -0.25) is 4.79 Å². The first-order valence-electron chi connectivity index (χ1n) is 12.1. The van der Waals surface area contributed by atoms with Crippen LogP contribution in [0, 0.1) is 0 Å². The summed E-state index contributed by atoms with van der Waals surface area (Å²) >= 11 is 1.72. The molecule has 3 heterocycles. The third-order valence-electron chi connectivity index (χ3n) is 6.79. The van der Waals surface area contributed by atoms with Crippen LogP contribution in [0.2, 0.25) is 0 Å². The molecule has 1 N–H and O–H groups in total. The molecular formula is C28H27N5OS. The van der Waals surface area contributed by atoms with Crippen molar-refractivity contribution < 1.29 is 4.79 Å². The van der Waals surface area contributed by atoms with E-state index in [1.165, 1.54) is 10.6 Å². The van der Waals surface area contributed by atoms with Gasteiger partial charge in [0.25, 0.3) is 0 Å². The predicted molar refractivity (Wildman–Crippen MR) is 142 cm³/mol. The Morgan fingerprint density at radius 2 is 1.51 bits per heavy atom. The van der Waals surface area contributed by atoms with Crippen LogP contribution in [0.4, 0.5) is 23.1 Å². The number of hydrogen-bond acceptors (Lipinski definition) is 7. The van der Waals surface area contributed by atoms with Crippen molar-refractivity contribution in [3.63, 3.8) is 0 Å². The van der Waals surface area contributed by atoms with E-state index in [-0.39, 0.29) is 11.7 Å². The molecule has 0 saturated carbocycles. The normalized spacial score (nSPS) is 17.8. The van der Waals surface area contributed by atoms with Gasteiger partial charge in [0.05, 0.1) is 11.3 Å². The first-order valence-corrected chi connectivity index (χ1v) is 13.0. The van der Waals surface area contributed by atoms with E-state index >= 15 is 0 Å². The molecule has 35 heavy (non-hydrogen) atoms. The highest BCUT2D eigenvalue weighted by molar-refractivity contribution is 7.10. The van der Waals surface area contributed by atoms with Crippen molar-refractivity contribution in [3.8, 4) is 0 Å². The monoisotopic (exact) mass is 481 g/mol. The maximum atomic E-state index is 13.4. The molecule has 7 heteroatoms. The molecule has 0 spiro atoms. The van der Waals surface area contributed by atoms with Crippen LogP contribution in [0.5, 0.6) is 0 Å². The molecule has 176 valence electrons. The quantitative estimate of drug-likeness (QED) is 0.405. The van der Waals surface area contributed by atoms with Crippen LogP contribution in [0.25, 0.3) is 0 Å². The van der Waals surface area contributed by atoms with Gasteiger partial charge in [-0.2, -0.15) is 4.98 Å². The van der Waals surface area contributed by atoms with E-state index in [1.54, 1.807) is 11.3 Å². The predicted octanol–water partition coefficient (Wildman–Crippen LogP) is 5.52. The fraction of sp³-hybridized carbons (Fsp3) is 0.250. The van der Waals surface area contributed by atoms with Crippen molar-refractivity contribution in [3.05, 3.63) is 94.3 Å². The van der Waals surface area contributed by atoms with E-state index in [0.717, 1.165) is 44.0 Å². The highest BCUT2D eigenvalue weighted by Crippen LogP contribution is 2.38. The van der Waals surface area contributed by atoms with Crippen LogP contribution < -0.4 is 15.1 Å². The first-order chi connectivity index (χ1) is 17.2. The Bertz CT molecular complexity index is 1300. The fourth-order valence-electron chi connectivity index (χ4n) is 4.98. The van der Waals surface area contributed by atoms with Crippen molar-refractivity contribution >= 4 is 40.3 Å². The van der Waals surface area contributed by atoms with Gasteiger partial charge in [-0.05, 0) is 42.1 Å². The molecule has 2 aromatic heterocycles. The number of Topliss-reactive ketones (excluding diaryl/α,β-unsaturated/α-hetero) is 1. The fourth-order valence-corrected chi connectivity index (χ4v) is 5.82. The van der Waals surface area contributed by atoms with Crippen LogP contribution in [0.15, 0.2) is 78.2 Å².